The minimum Gasteiger partial charge on any atom is -0.390 e. The largest absolute Gasteiger partial charge is 0.390 e. The van der Waals surface area contributed by atoms with Crippen molar-refractivity contribution in [3.63, 3.8) is 0 Å². The van der Waals surface area contributed by atoms with Gasteiger partial charge in [0.05, 0.1) is 5.60 Å². The fraction of sp³-hybridized carbons (Fsp3) is 1.00. The zero-order valence-electron chi connectivity index (χ0n) is 6.52. The minimum absolute atomic E-state index is 0. The van der Waals surface area contributed by atoms with Crippen LogP contribution in [0.3, 0.4) is 0 Å². The van der Waals surface area contributed by atoms with Crippen molar-refractivity contribution in [3.8, 4) is 0 Å². The molecule has 0 aliphatic heterocycles. The Balaban J connectivity index is 0. The Labute approximate surface area is 73.4 Å². The molecule has 0 heterocycles. The molecule has 0 bridgehead atoms. The monoisotopic (exact) mass is 209 g/mol. The van der Waals surface area contributed by atoms with Crippen LogP contribution in [-0.4, -0.2) is 10.7 Å². The molecule has 9 heavy (non-hydrogen) atoms. The molecule has 0 aromatic heterocycles. The summed E-state index contributed by atoms with van der Waals surface area (Å²) in [6.45, 7) is 6.06. The fourth-order valence-electron chi connectivity index (χ4n) is 0.750. The molecule has 0 aromatic rings. The Morgan fingerprint density at radius 1 is 1.00 bits per heavy atom. The van der Waals surface area contributed by atoms with Gasteiger partial charge in [0.25, 0.3) is 0 Å². The molecule has 1 N–H and O–H groups in total. The van der Waals surface area contributed by atoms with E-state index in [-0.39, 0.29) is 28.0 Å². The molecule has 1 nitrogen and oxygen atoms in total. The van der Waals surface area contributed by atoms with Gasteiger partial charge in [-0.3, -0.25) is 0 Å². The van der Waals surface area contributed by atoms with Crippen molar-refractivity contribution in [3.05, 3.63) is 0 Å². The first-order chi connectivity index (χ1) is 3.68. The quantitative estimate of drug-likeness (QED) is 0.704. The third-order valence-corrected chi connectivity index (χ3v) is 1.97. The summed E-state index contributed by atoms with van der Waals surface area (Å²) in [5, 5.41) is 9.44. The van der Waals surface area contributed by atoms with Crippen LogP contribution in [0, 0.1) is 0 Å². The van der Waals surface area contributed by atoms with Gasteiger partial charge >= 0.3 is 0 Å². The van der Waals surface area contributed by atoms with Gasteiger partial charge in [0, 0.05) is 22.4 Å². The maximum Gasteiger partial charge on any atom is 0.0640 e. The molecular formula is C7H16NbO. The van der Waals surface area contributed by atoms with Crippen LogP contribution in [0.4, 0.5) is 0 Å². The van der Waals surface area contributed by atoms with Gasteiger partial charge in [-0.15, -0.1) is 0 Å². The Morgan fingerprint density at radius 3 is 1.22 bits per heavy atom. The third kappa shape index (κ3) is 4.15. The summed E-state index contributed by atoms with van der Waals surface area (Å²) >= 11 is 0. The van der Waals surface area contributed by atoms with Gasteiger partial charge in [0.1, 0.15) is 0 Å². The molecule has 0 spiro atoms. The van der Waals surface area contributed by atoms with Crippen molar-refractivity contribution in [2.24, 2.45) is 0 Å². The van der Waals surface area contributed by atoms with E-state index in [9.17, 15) is 5.11 Å². The topological polar surface area (TPSA) is 20.2 Å². The first-order valence-corrected chi connectivity index (χ1v) is 3.41. The van der Waals surface area contributed by atoms with Crippen LogP contribution in [0.1, 0.15) is 40.0 Å². The predicted octanol–water partition coefficient (Wildman–Crippen LogP) is 1.95. The van der Waals surface area contributed by atoms with Crippen LogP contribution in [0.15, 0.2) is 0 Å². The smallest absolute Gasteiger partial charge is 0.0640 e. The summed E-state index contributed by atoms with van der Waals surface area (Å²) in [5.41, 5.74) is -0.375. The van der Waals surface area contributed by atoms with E-state index in [1.807, 2.05) is 20.8 Å². The van der Waals surface area contributed by atoms with E-state index >= 15 is 0 Å². The minimum atomic E-state index is -0.375. The average Bonchev–Trinajstić information content (AvgIpc) is 1.87. The molecule has 0 aliphatic carbocycles. The molecule has 0 saturated heterocycles. The molecule has 0 saturated carbocycles. The van der Waals surface area contributed by atoms with Gasteiger partial charge in [-0.2, -0.15) is 0 Å². The van der Waals surface area contributed by atoms with Gasteiger partial charge in [-0.1, -0.05) is 20.8 Å². The number of hydrogen-bond acceptors (Lipinski definition) is 1. The van der Waals surface area contributed by atoms with Crippen LogP contribution in [0.2, 0.25) is 0 Å². The van der Waals surface area contributed by atoms with Gasteiger partial charge in [-0.25, -0.2) is 0 Å². The second-order valence-electron chi connectivity index (χ2n) is 2.29. The normalized spacial score (nSPS) is 10.7. The molecule has 1 radical (unpaired) electrons. The van der Waals surface area contributed by atoms with E-state index in [0.717, 1.165) is 19.3 Å². The SMILES string of the molecule is CCC(O)(CC)CC.[Nb]. The molecule has 0 amide bonds. The number of rotatable bonds is 3. The van der Waals surface area contributed by atoms with Crippen molar-refractivity contribution in [2.75, 3.05) is 0 Å². The fourth-order valence-corrected chi connectivity index (χ4v) is 0.750. The summed E-state index contributed by atoms with van der Waals surface area (Å²) < 4.78 is 0. The summed E-state index contributed by atoms with van der Waals surface area (Å²) in [7, 11) is 0. The van der Waals surface area contributed by atoms with Crippen LogP contribution < -0.4 is 0 Å². The third-order valence-electron chi connectivity index (χ3n) is 1.97. The maximum atomic E-state index is 9.44. The second-order valence-corrected chi connectivity index (χ2v) is 2.29. The average molecular weight is 209 g/mol. The zero-order chi connectivity index (χ0) is 6.62. The molecule has 0 fully saturated rings. The number of aliphatic hydroxyl groups is 1. The predicted molar refractivity (Wildman–Crippen MR) is 35.8 cm³/mol. The molecular weight excluding hydrogens is 193 g/mol. The number of hydrogen-bond donors (Lipinski definition) is 1. The summed E-state index contributed by atoms with van der Waals surface area (Å²) in [5.74, 6) is 0. The molecule has 0 atom stereocenters. The summed E-state index contributed by atoms with van der Waals surface area (Å²) in [4.78, 5) is 0. The first-order valence-electron chi connectivity index (χ1n) is 3.41. The van der Waals surface area contributed by atoms with Gasteiger partial charge in [0.15, 0.2) is 0 Å². The summed E-state index contributed by atoms with van der Waals surface area (Å²) in [6.07, 6.45) is 2.62. The van der Waals surface area contributed by atoms with Crippen LogP contribution in [0.25, 0.3) is 0 Å². The second kappa shape index (κ2) is 5.48. The van der Waals surface area contributed by atoms with E-state index in [4.69, 9.17) is 0 Å². The van der Waals surface area contributed by atoms with E-state index in [2.05, 4.69) is 0 Å². The van der Waals surface area contributed by atoms with Gasteiger partial charge < -0.3 is 5.11 Å². The molecule has 55 valence electrons. The summed E-state index contributed by atoms with van der Waals surface area (Å²) in [6, 6.07) is 0. The van der Waals surface area contributed by atoms with Crippen molar-refractivity contribution < 1.29 is 27.5 Å². The standard InChI is InChI=1S/C7H16O.Nb/c1-4-7(8,5-2)6-3;/h8H,4-6H2,1-3H3;. The molecule has 0 unspecified atom stereocenters. The van der Waals surface area contributed by atoms with Gasteiger partial charge in [0.2, 0.25) is 0 Å². The first kappa shape index (κ1) is 12.4. The van der Waals surface area contributed by atoms with Crippen molar-refractivity contribution >= 4 is 0 Å². The zero-order valence-corrected chi connectivity index (χ0v) is 8.71. The van der Waals surface area contributed by atoms with E-state index < -0.39 is 0 Å². The Hall–Kier alpha value is 0.700. The molecule has 0 aromatic carbocycles. The van der Waals surface area contributed by atoms with E-state index in [1.165, 1.54) is 0 Å². The Morgan fingerprint density at radius 2 is 1.22 bits per heavy atom. The Kier molecular flexibility index (Phi) is 7.54. The molecule has 0 aliphatic rings. The van der Waals surface area contributed by atoms with Crippen LogP contribution >= 0.6 is 0 Å². The van der Waals surface area contributed by atoms with Crippen LogP contribution in [-0.2, 0) is 22.4 Å². The maximum absolute atomic E-state index is 9.44. The van der Waals surface area contributed by atoms with Crippen LogP contribution in [0.5, 0.6) is 0 Å². The molecule has 2 heteroatoms. The van der Waals surface area contributed by atoms with E-state index in [1.54, 1.807) is 0 Å². The van der Waals surface area contributed by atoms with Crippen molar-refractivity contribution in [1.29, 1.82) is 0 Å². The van der Waals surface area contributed by atoms with Gasteiger partial charge in [-0.05, 0) is 19.3 Å². The Bertz CT molecular complexity index is 51.7. The van der Waals surface area contributed by atoms with Crippen molar-refractivity contribution in [2.45, 2.75) is 45.6 Å². The molecule has 0 rings (SSSR count). The van der Waals surface area contributed by atoms with E-state index in [0.29, 0.717) is 0 Å². The van der Waals surface area contributed by atoms with Crippen molar-refractivity contribution in [1.82, 2.24) is 0 Å².